The van der Waals surface area contributed by atoms with Crippen LogP contribution in [0.3, 0.4) is 0 Å². The fourth-order valence-electron chi connectivity index (χ4n) is 2.64. The van der Waals surface area contributed by atoms with Gasteiger partial charge in [-0.2, -0.15) is 0 Å². The molecule has 2 aliphatic rings. The van der Waals surface area contributed by atoms with Crippen molar-refractivity contribution in [3.05, 3.63) is 0 Å². The molecule has 16 heavy (non-hydrogen) atoms. The van der Waals surface area contributed by atoms with Gasteiger partial charge < -0.3 is 14.7 Å². The van der Waals surface area contributed by atoms with E-state index < -0.39 is 17.5 Å². The Morgan fingerprint density at radius 3 is 2.75 bits per heavy atom. The first kappa shape index (κ1) is 11.4. The molecule has 2 fully saturated rings. The average molecular weight is 227 g/mol. The Morgan fingerprint density at radius 1 is 1.50 bits per heavy atom. The lowest BCUT2D eigenvalue weighted by molar-refractivity contribution is -0.207. The molecule has 1 aliphatic carbocycles. The van der Waals surface area contributed by atoms with E-state index in [2.05, 4.69) is 0 Å². The van der Waals surface area contributed by atoms with Gasteiger partial charge in [0.1, 0.15) is 0 Å². The van der Waals surface area contributed by atoms with Crippen molar-refractivity contribution >= 4 is 11.9 Å². The molecule has 1 heterocycles. The van der Waals surface area contributed by atoms with Crippen molar-refractivity contribution in [1.29, 1.82) is 0 Å². The van der Waals surface area contributed by atoms with E-state index in [0.29, 0.717) is 0 Å². The van der Waals surface area contributed by atoms with Gasteiger partial charge in [-0.25, -0.2) is 4.79 Å². The fourth-order valence-corrected chi connectivity index (χ4v) is 2.64. The number of carbonyl (C=O) groups excluding carboxylic acids is 1. The number of fused-ring (bicyclic) bond motifs is 1. The molecule has 3 atom stereocenters. The van der Waals surface area contributed by atoms with Gasteiger partial charge in [0.15, 0.2) is 0 Å². The fraction of sp³-hybridized carbons (Fsp3) is 0.818. The maximum absolute atomic E-state index is 12.0. The van der Waals surface area contributed by atoms with Gasteiger partial charge in [-0.15, -0.1) is 0 Å². The minimum absolute atomic E-state index is 0.0497. The second kappa shape index (κ2) is 3.73. The average Bonchev–Trinajstić information content (AvgIpc) is 2.26. The number of ether oxygens (including phenoxy) is 1. The Kier molecular flexibility index (Phi) is 2.66. The Morgan fingerprint density at radius 2 is 2.12 bits per heavy atom. The zero-order valence-corrected chi connectivity index (χ0v) is 9.60. The van der Waals surface area contributed by atoms with Gasteiger partial charge in [-0.1, -0.05) is 12.8 Å². The van der Waals surface area contributed by atoms with Crippen LogP contribution in [0.25, 0.3) is 0 Å². The van der Waals surface area contributed by atoms with Gasteiger partial charge in [0.2, 0.25) is 5.60 Å². The van der Waals surface area contributed by atoms with Crippen molar-refractivity contribution in [3.8, 4) is 0 Å². The second-order valence-electron chi connectivity index (χ2n) is 4.76. The molecule has 0 bridgehead atoms. The van der Waals surface area contributed by atoms with Gasteiger partial charge in [0.05, 0.1) is 12.1 Å². The van der Waals surface area contributed by atoms with E-state index in [0.717, 1.165) is 25.7 Å². The third-order valence-corrected chi connectivity index (χ3v) is 3.69. The van der Waals surface area contributed by atoms with Crippen molar-refractivity contribution in [2.75, 3.05) is 7.05 Å². The molecule has 1 aliphatic heterocycles. The Balaban J connectivity index is 2.28. The first-order valence-electron chi connectivity index (χ1n) is 5.65. The Bertz CT molecular complexity index is 330. The monoisotopic (exact) mass is 227 g/mol. The Hall–Kier alpha value is -1.10. The number of amides is 1. The van der Waals surface area contributed by atoms with Gasteiger partial charge in [-0.05, 0) is 19.8 Å². The highest BCUT2D eigenvalue weighted by molar-refractivity contribution is 6.05. The topological polar surface area (TPSA) is 66.8 Å². The van der Waals surface area contributed by atoms with Crippen LogP contribution < -0.4 is 0 Å². The molecule has 0 aromatic heterocycles. The lowest BCUT2D eigenvalue weighted by atomic mass is 9.87. The predicted molar refractivity (Wildman–Crippen MR) is 55.9 cm³/mol. The number of aliphatic carboxylic acids is 1. The number of hydrogen-bond donors (Lipinski definition) is 1. The van der Waals surface area contributed by atoms with Crippen molar-refractivity contribution < 1.29 is 19.4 Å². The molecule has 1 saturated carbocycles. The summed E-state index contributed by atoms with van der Waals surface area (Å²) in [5, 5.41) is 9.10. The van der Waals surface area contributed by atoms with E-state index in [1.807, 2.05) is 0 Å². The van der Waals surface area contributed by atoms with Crippen LogP contribution >= 0.6 is 0 Å². The van der Waals surface area contributed by atoms with Crippen molar-refractivity contribution in [3.63, 3.8) is 0 Å². The second-order valence-corrected chi connectivity index (χ2v) is 4.76. The van der Waals surface area contributed by atoms with Crippen LogP contribution in [0.15, 0.2) is 0 Å². The van der Waals surface area contributed by atoms with Gasteiger partial charge in [-0.3, -0.25) is 4.79 Å². The standard InChI is InChI=1S/C11H17NO4/c1-11(10(14)15)9(13)12(2)7-5-3-4-6-8(7)16-11/h7-8H,3-6H2,1-2H3,(H,14,15)/t7-,8-,11?/m1/s1. The summed E-state index contributed by atoms with van der Waals surface area (Å²) >= 11 is 0. The number of hydrogen-bond acceptors (Lipinski definition) is 3. The summed E-state index contributed by atoms with van der Waals surface area (Å²) in [6.07, 6.45) is 3.73. The summed E-state index contributed by atoms with van der Waals surface area (Å²) in [6.45, 7) is 1.35. The van der Waals surface area contributed by atoms with Gasteiger partial charge in [0.25, 0.3) is 5.91 Å². The zero-order chi connectivity index (χ0) is 11.9. The van der Waals surface area contributed by atoms with Crippen LogP contribution in [0.1, 0.15) is 32.6 Å². The van der Waals surface area contributed by atoms with E-state index in [1.54, 1.807) is 11.9 Å². The summed E-state index contributed by atoms with van der Waals surface area (Å²) < 4.78 is 5.53. The maximum atomic E-state index is 12.0. The summed E-state index contributed by atoms with van der Waals surface area (Å²) in [5.74, 6) is -1.64. The first-order chi connectivity index (χ1) is 7.47. The highest BCUT2D eigenvalue weighted by atomic mass is 16.5. The Labute approximate surface area is 94.4 Å². The molecular formula is C11H17NO4. The first-order valence-corrected chi connectivity index (χ1v) is 5.65. The lowest BCUT2D eigenvalue weighted by Crippen LogP contribution is -2.65. The molecule has 2 rings (SSSR count). The normalized spacial score (nSPS) is 39.4. The van der Waals surface area contributed by atoms with Crippen LogP contribution in [0.4, 0.5) is 0 Å². The largest absolute Gasteiger partial charge is 0.479 e. The molecule has 5 heteroatoms. The predicted octanol–water partition coefficient (Wildman–Crippen LogP) is 0.629. The molecule has 1 amide bonds. The summed E-state index contributed by atoms with van der Waals surface area (Å²) in [4.78, 5) is 24.7. The molecule has 1 N–H and O–H groups in total. The number of morpholine rings is 1. The maximum Gasteiger partial charge on any atom is 0.345 e. The van der Waals surface area contributed by atoms with Crippen LogP contribution in [0.2, 0.25) is 0 Å². The van der Waals surface area contributed by atoms with Crippen LogP contribution in [0, 0.1) is 0 Å². The van der Waals surface area contributed by atoms with Crippen LogP contribution in [-0.4, -0.2) is 46.7 Å². The van der Waals surface area contributed by atoms with Crippen molar-refractivity contribution in [1.82, 2.24) is 4.90 Å². The summed E-state index contributed by atoms with van der Waals surface area (Å²) in [7, 11) is 1.68. The van der Waals surface area contributed by atoms with Crippen molar-refractivity contribution in [2.45, 2.75) is 50.4 Å². The van der Waals surface area contributed by atoms with E-state index in [-0.39, 0.29) is 12.1 Å². The van der Waals surface area contributed by atoms with E-state index >= 15 is 0 Å². The highest BCUT2D eigenvalue weighted by Gasteiger charge is 2.53. The van der Waals surface area contributed by atoms with E-state index in [1.165, 1.54) is 6.92 Å². The molecule has 1 saturated heterocycles. The van der Waals surface area contributed by atoms with Crippen LogP contribution in [0.5, 0.6) is 0 Å². The zero-order valence-electron chi connectivity index (χ0n) is 9.60. The minimum Gasteiger partial charge on any atom is -0.479 e. The van der Waals surface area contributed by atoms with E-state index in [9.17, 15) is 9.59 Å². The van der Waals surface area contributed by atoms with E-state index in [4.69, 9.17) is 9.84 Å². The summed E-state index contributed by atoms with van der Waals surface area (Å²) in [6, 6.07) is 0.0497. The molecule has 0 aromatic rings. The number of nitrogens with zero attached hydrogens (tertiary/aromatic N) is 1. The molecule has 0 aromatic carbocycles. The lowest BCUT2D eigenvalue weighted by Gasteiger charge is -2.47. The molecule has 5 nitrogen and oxygen atoms in total. The number of carbonyl (C=O) groups is 2. The molecule has 0 radical (unpaired) electrons. The molecule has 0 spiro atoms. The molecule has 90 valence electrons. The van der Waals surface area contributed by atoms with Crippen LogP contribution in [-0.2, 0) is 14.3 Å². The number of carboxylic acids is 1. The third-order valence-electron chi connectivity index (χ3n) is 3.69. The number of rotatable bonds is 1. The number of likely N-dealkylation sites (N-methyl/N-ethyl adjacent to an activating group) is 1. The number of carboxylic acid groups (broad SMARTS) is 1. The summed E-state index contributed by atoms with van der Waals surface area (Å²) in [5.41, 5.74) is -1.70. The SMILES string of the molecule is CN1C(=O)C(C)(C(=O)O)O[C@@H]2CCCC[C@H]21. The van der Waals surface area contributed by atoms with Gasteiger partial charge >= 0.3 is 5.97 Å². The van der Waals surface area contributed by atoms with Crippen molar-refractivity contribution in [2.24, 2.45) is 0 Å². The third kappa shape index (κ3) is 1.50. The highest BCUT2D eigenvalue weighted by Crippen LogP contribution is 2.34. The minimum atomic E-state index is -1.70. The smallest absolute Gasteiger partial charge is 0.345 e. The molecular weight excluding hydrogens is 210 g/mol. The quantitative estimate of drug-likeness (QED) is 0.667. The molecule has 1 unspecified atom stereocenters. The van der Waals surface area contributed by atoms with Gasteiger partial charge in [0, 0.05) is 7.05 Å².